The minimum atomic E-state index is -3.73. The van der Waals surface area contributed by atoms with Gasteiger partial charge < -0.3 is 5.73 Å². The maximum absolute atomic E-state index is 13.2. The van der Waals surface area contributed by atoms with Gasteiger partial charge in [-0.25, -0.2) is 4.39 Å². The molecule has 0 saturated carbocycles. The Hall–Kier alpha value is -1.34. The molecule has 5 nitrogen and oxygen atoms in total. The molecule has 0 aromatic heterocycles. The molecule has 3 N–H and O–H groups in total. The van der Waals surface area contributed by atoms with Gasteiger partial charge in [0.05, 0.1) is 5.69 Å². The predicted octanol–water partition coefficient (Wildman–Crippen LogP) is 0.626. The molecule has 0 saturated heterocycles. The standard InChI is InChI=1S/C8H12FN3O2S/c1-12(2)15(13,14)11-8-6(9)4-3-5-7(8)10/h3-5,11H,10H2,1-2H3. The Balaban J connectivity index is 3.11. The van der Waals surface area contributed by atoms with Gasteiger partial charge in [0.1, 0.15) is 11.5 Å². The lowest BCUT2D eigenvalue weighted by atomic mass is 10.3. The molecule has 0 spiro atoms. The molecule has 7 heteroatoms. The summed E-state index contributed by atoms with van der Waals surface area (Å²) >= 11 is 0. The lowest BCUT2D eigenvalue weighted by Gasteiger charge is -2.15. The zero-order chi connectivity index (χ0) is 11.6. The molecule has 1 aromatic rings. The van der Waals surface area contributed by atoms with E-state index in [1.165, 1.54) is 26.2 Å². The summed E-state index contributed by atoms with van der Waals surface area (Å²) < 4.78 is 39.0. The summed E-state index contributed by atoms with van der Waals surface area (Å²) in [6.07, 6.45) is 0. The minimum Gasteiger partial charge on any atom is -0.397 e. The molecule has 1 rings (SSSR count). The highest BCUT2D eigenvalue weighted by Crippen LogP contribution is 2.23. The molecule has 0 radical (unpaired) electrons. The van der Waals surface area contributed by atoms with Crippen molar-refractivity contribution < 1.29 is 12.8 Å². The van der Waals surface area contributed by atoms with E-state index in [0.717, 1.165) is 10.4 Å². The smallest absolute Gasteiger partial charge is 0.301 e. The van der Waals surface area contributed by atoms with Crippen LogP contribution in [0, 0.1) is 5.82 Å². The maximum Gasteiger partial charge on any atom is 0.301 e. The van der Waals surface area contributed by atoms with E-state index in [-0.39, 0.29) is 11.4 Å². The van der Waals surface area contributed by atoms with Gasteiger partial charge in [0.15, 0.2) is 0 Å². The van der Waals surface area contributed by atoms with Crippen molar-refractivity contribution in [3.63, 3.8) is 0 Å². The predicted molar refractivity (Wildman–Crippen MR) is 57.0 cm³/mol. The van der Waals surface area contributed by atoms with Crippen LogP contribution in [0.4, 0.5) is 15.8 Å². The number of nitrogen functional groups attached to an aromatic ring is 1. The van der Waals surface area contributed by atoms with Gasteiger partial charge in [-0.2, -0.15) is 12.7 Å². The number of hydrogen-bond donors (Lipinski definition) is 2. The number of hydrogen-bond acceptors (Lipinski definition) is 3. The first-order valence-electron chi connectivity index (χ1n) is 4.09. The first kappa shape index (κ1) is 11.7. The Labute approximate surface area is 87.9 Å². The second kappa shape index (κ2) is 4.03. The number of benzene rings is 1. The molecule has 15 heavy (non-hydrogen) atoms. The number of nitrogens with one attached hydrogen (secondary N) is 1. The fraction of sp³-hybridized carbons (Fsp3) is 0.250. The average Bonchev–Trinajstić information content (AvgIpc) is 2.11. The number of nitrogens with zero attached hydrogens (tertiary/aromatic N) is 1. The van der Waals surface area contributed by atoms with Crippen LogP contribution in [0.15, 0.2) is 18.2 Å². The Morgan fingerprint density at radius 2 is 2.00 bits per heavy atom. The fourth-order valence-electron chi connectivity index (χ4n) is 0.869. The molecule has 0 unspecified atom stereocenters. The number of nitrogens with two attached hydrogens (primary N) is 1. The summed E-state index contributed by atoms with van der Waals surface area (Å²) in [4.78, 5) is 0. The Morgan fingerprint density at radius 3 is 2.47 bits per heavy atom. The Kier molecular flexibility index (Phi) is 3.15. The average molecular weight is 233 g/mol. The third kappa shape index (κ3) is 2.57. The Morgan fingerprint density at radius 1 is 1.40 bits per heavy atom. The second-order valence-electron chi connectivity index (χ2n) is 3.09. The molecule has 0 aliphatic rings. The van der Waals surface area contributed by atoms with E-state index >= 15 is 0 Å². The topological polar surface area (TPSA) is 75.4 Å². The van der Waals surface area contributed by atoms with E-state index < -0.39 is 16.0 Å². The zero-order valence-corrected chi connectivity index (χ0v) is 9.18. The number of para-hydroxylation sites is 1. The van der Waals surface area contributed by atoms with Crippen LogP contribution < -0.4 is 10.5 Å². The summed E-state index contributed by atoms with van der Waals surface area (Å²) in [5, 5.41) is 0. The highest BCUT2D eigenvalue weighted by Gasteiger charge is 2.17. The van der Waals surface area contributed by atoms with Crippen molar-refractivity contribution in [3.05, 3.63) is 24.0 Å². The van der Waals surface area contributed by atoms with Crippen molar-refractivity contribution >= 4 is 21.6 Å². The highest BCUT2D eigenvalue weighted by atomic mass is 32.2. The molecule has 0 amide bonds. The van der Waals surface area contributed by atoms with Gasteiger partial charge in [-0.3, -0.25) is 4.72 Å². The number of halogens is 1. The van der Waals surface area contributed by atoms with Gasteiger partial charge in [0.25, 0.3) is 0 Å². The summed E-state index contributed by atoms with van der Waals surface area (Å²) in [6.45, 7) is 0. The van der Waals surface area contributed by atoms with E-state index in [0.29, 0.717) is 0 Å². The van der Waals surface area contributed by atoms with Crippen LogP contribution in [-0.4, -0.2) is 26.8 Å². The van der Waals surface area contributed by atoms with Crippen LogP contribution in [0.5, 0.6) is 0 Å². The van der Waals surface area contributed by atoms with Gasteiger partial charge >= 0.3 is 10.2 Å². The van der Waals surface area contributed by atoms with Crippen molar-refractivity contribution in [2.24, 2.45) is 0 Å². The van der Waals surface area contributed by atoms with E-state index in [9.17, 15) is 12.8 Å². The van der Waals surface area contributed by atoms with Crippen molar-refractivity contribution in [2.75, 3.05) is 24.6 Å². The van der Waals surface area contributed by atoms with Crippen molar-refractivity contribution in [3.8, 4) is 0 Å². The summed E-state index contributed by atoms with van der Waals surface area (Å²) in [7, 11) is -1.07. The quantitative estimate of drug-likeness (QED) is 0.752. The van der Waals surface area contributed by atoms with Crippen molar-refractivity contribution in [2.45, 2.75) is 0 Å². The molecule has 0 heterocycles. The minimum absolute atomic E-state index is 0.0421. The summed E-state index contributed by atoms with van der Waals surface area (Å²) in [6, 6.07) is 3.94. The molecular formula is C8H12FN3O2S. The van der Waals surface area contributed by atoms with Gasteiger partial charge in [0.2, 0.25) is 0 Å². The van der Waals surface area contributed by atoms with Crippen LogP contribution >= 0.6 is 0 Å². The van der Waals surface area contributed by atoms with E-state index in [4.69, 9.17) is 5.73 Å². The normalized spacial score (nSPS) is 11.7. The first-order chi connectivity index (χ1) is 6.84. The third-order valence-electron chi connectivity index (χ3n) is 1.76. The van der Waals surface area contributed by atoms with Crippen LogP contribution in [-0.2, 0) is 10.2 Å². The molecule has 0 atom stereocenters. The molecular weight excluding hydrogens is 221 g/mol. The maximum atomic E-state index is 13.2. The van der Waals surface area contributed by atoms with Crippen molar-refractivity contribution in [1.82, 2.24) is 4.31 Å². The van der Waals surface area contributed by atoms with Crippen LogP contribution in [0.3, 0.4) is 0 Å². The van der Waals surface area contributed by atoms with Gasteiger partial charge in [-0.15, -0.1) is 0 Å². The summed E-state index contributed by atoms with van der Waals surface area (Å²) in [5.74, 6) is -0.708. The Bertz CT molecular complexity index is 439. The molecule has 1 aromatic carbocycles. The van der Waals surface area contributed by atoms with Crippen LogP contribution in [0.2, 0.25) is 0 Å². The fourth-order valence-corrected chi connectivity index (χ4v) is 1.52. The molecule has 0 aliphatic carbocycles. The molecule has 0 aliphatic heterocycles. The lowest BCUT2D eigenvalue weighted by Crippen LogP contribution is -2.29. The van der Waals surface area contributed by atoms with E-state index in [1.54, 1.807) is 0 Å². The van der Waals surface area contributed by atoms with Gasteiger partial charge in [0, 0.05) is 14.1 Å². The zero-order valence-electron chi connectivity index (χ0n) is 8.36. The van der Waals surface area contributed by atoms with Gasteiger partial charge in [-0.05, 0) is 12.1 Å². The highest BCUT2D eigenvalue weighted by molar-refractivity contribution is 7.90. The molecule has 0 fully saturated rings. The van der Waals surface area contributed by atoms with E-state index in [1.807, 2.05) is 0 Å². The second-order valence-corrected chi connectivity index (χ2v) is 4.98. The van der Waals surface area contributed by atoms with Crippen molar-refractivity contribution in [1.29, 1.82) is 0 Å². The number of anilines is 2. The molecule has 0 bridgehead atoms. The van der Waals surface area contributed by atoms with E-state index in [2.05, 4.69) is 4.72 Å². The van der Waals surface area contributed by atoms with Crippen LogP contribution in [0.1, 0.15) is 0 Å². The lowest BCUT2D eigenvalue weighted by molar-refractivity contribution is 0.526. The third-order valence-corrected chi connectivity index (χ3v) is 3.18. The first-order valence-corrected chi connectivity index (χ1v) is 5.53. The SMILES string of the molecule is CN(C)S(=O)(=O)Nc1c(N)cccc1F. The summed E-state index contributed by atoms with van der Waals surface area (Å²) in [5.41, 5.74) is 5.25. The van der Waals surface area contributed by atoms with Crippen LogP contribution in [0.25, 0.3) is 0 Å². The largest absolute Gasteiger partial charge is 0.397 e. The number of rotatable bonds is 3. The van der Waals surface area contributed by atoms with Gasteiger partial charge in [-0.1, -0.05) is 6.07 Å². The molecule has 84 valence electrons. The monoisotopic (exact) mass is 233 g/mol.